The van der Waals surface area contributed by atoms with Crippen LogP contribution >= 0.6 is 0 Å². The van der Waals surface area contributed by atoms with Gasteiger partial charge in [-0.2, -0.15) is 0 Å². The van der Waals surface area contributed by atoms with Gasteiger partial charge in [0.05, 0.1) is 0 Å². The molecular formula is C8H10N2O. The van der Waals surface area contributed by atoms with Gasteiger partial charge in [0.2, 0.25) is 6.41 Å². The van der Waals surface area contributed by atoms with Gasteiger partial charge in [-0.15, -0.1) is 0 Å². The molecule has 3 heteroatoms. The summed E-state index contributed by atoms with van der Waals surface area (Å²) in [7, 11) is 0. The predicted molar refractivity (Wildman–Crippen MR) is 41.9 cm³/mol. The van der Waals surface area contributed by atoms with E-state index in [1.807, 2.05) is 13.0 Å². The minimum Gasteiger partial charge on any atom is -0.355 e. The maximum atomic E-state index is 9.93. The third-order valence-electron chi connectivity index (χ3n) is 1.32. The highest BCUT2D eigenvalue weighted by atomic mass is 16.1. The molecule has 0 saturated carbocycles. The van der Waals surface area contributed by atoms with Gasteiger partial charge in [0.1, 0.15) is 0 Å². The zero-order valence-electron chi connectivity index (χ0n) is 6.37. The summed E-state index contributed by atoms with van der Waals surface area (Å²) in [6.07, 6.45) is 4.20. The maximum absolute atomic E-state index is 9.93. The first-order valence-electron chi connectivity index (χ1n) is 3.40. The third kappa shape index (κ3) is 2.37. The van der Waals surface area contributed by atoms with Gasteiger partial charge >= 0.3 is 0 Å². The van der Waals surface area contributed by atoms with Crippen molar-refractivity contribution in [3.05, 3.63) is 29.6 Å². The van der Waals surface area contributed by atoms with Crippen molar-refractivity contribution in [2.75, 3.05) is 0 Å². The predicted octanol–water partition coefficient (Wildman–Crippen LogP) is 0.636. The topological polar surface area (TPSA) is 42.0 Å². The van der Waals surface area contributed by atoms with Crippen molar-refractivity contribution in [2.45, 2.75) is 13.5 Å². The normalized spacial score (nSPS) is 9.18. The lowest BCUT2D eigenvalue weighted by molar-refractivity contribution is -0.109. The molecule has 1 N–H and O–H groups in total. The summed E-state index contributed by atoms with van der Waals surface area (Å²) in [6.45, 7) is 2.52. The Balaban J connectivity index is 2.63. The fourth-order valence-electron chi connectivity index (χ4n) is 0.874. The largest absolute Gasteiger partial charge is 0.355 e. The molecule has 0 fully saturated rings. The highest BCUT2D eigenvalue weighted by Crippen LogP contribution is 1.99. The van der Waals surface area contributed by atoms with Crippen molar-refractivity contribution in [1.82, 2.24) is 10.3 Å². The molecule has 0 spiro atoms. The summed E-state index contributed by atoms with van der Waals surface area (Å²) in [5.41, 5.74) is 2.13. The first-order chi connectivity index (χ1) is 5.33. The molecule has 0 saturated heterocycles. The average Bonchev–Trinajstić information content (AvgIpc) is 2.01. The van der Waals surface area contributed by atoms with Crippen molar-refractivity contribution >= 4 is 6.41 Å². The van der Waals surface area contributed by atoms with Crippen molar-refractivity contribution in [3.8, 4) is 0 Å². The molecular weight excluding hydrogens is 140 g/mol. The number of pyridine rings is 1. The van der Waals surface area contributed by atoms with Crippen LogP contribution in [0.3, 0.4) is 0 Å². The number of carbonyl (C=O) groups excluding carboxylic acids is 1. The van der Waals surface area contributed by atoms with Crippen LogP contribution in [-0.2, 0) is 11.3 Å². The Morgan fingerprint density at radius 3 is 3.09 bits per heavy atom. The Morgan fingerprint density at radius 2 is 2.45 bits per heavy atom. The van der Waals surface area contributed by atoms with Crippen molar-refractivity contribution in [1.29, 1.82) is 0 Å². The highest BCUT2D eigenvalue weighted by Gasteiger charge is 1.90. The van der Waals surface area contributed by atoms with Crippen LogP contribution in [0.15, 0.2) is 18.5 Å². The molecule has 0 aromatic carbocycles. The Hall–Kier alpha value is -1.38. The number of hydrogen-bond donors (Lipinski definition) is 1. The van der Waals surface area contributed by atoms with E-state index in [0.717, 1.165) is 11.1 Å². The van der Waals surface area contributed by atoms with E-state index in [9.17, 15) is 4.79 Å². The lowest BCUT2D eigenvalue weighted by atomic mass is 10.2. The van der Waals surface area contributed by atoms with Crippen LogP contribution in [0.4, 0.5) is 0 Å². The quantitative estimate of drug-likeness (QED) is 0.642. The molecule has 0 aliphatic heterocycles. The fraction of sp³-hybridized carbons (Fsp3) is 0.250. The van der Waals surface area contributed by atoms with Crippen molar-refractivity contribution in [3.63, 3.8) is 0 Å². The molecule has 0 aliphatic carbocycles. The van der Waals surface area contributed by atoms with Gasteiger partial charge in [0, 0.05) is 18.9 Å². The number of hydrogen-bond acceptors (Lipinski definition) is 2. The summed E-state index contributed by atoms with van der Waals surface area (Å²) >= 11 is 0. The molecule has 58 valence electrons. The minimum atomic E-state index is 0.554. The van der Waals surface area contributed by atoms with E-state index in [1.165, 1.54) is 0 Å². The van der Waals surface area contributed by atoms with Crippen LogP contribution in [-0.4, -0.2) is 11.4 Å². The highest BCUT2D eigenvalue weighted by molar-refractivity contribution is 5.46. The van der Waals surface area contributed by atoms with E-state index in [1.54, 1.807) is 12.4 Å². The maximum Gasteiger partial charge on any atom is 0.207 e. The average molecular weight is 150 g/mol. The second-order valence-corrected chi connectivity index (χ2v) is 2.37. The van der Waals surface area contributed by atoms with Crippen LogP contribution in [0, 0.1) is 6.92 Å². The van der Waals surface area contributed by atoms with Crippen LogP contribution in [0.25, 0.3) is 0 Å². The van der Waals surface area contributed by atoms with E-state index in [4.69, 9.17) is 0 Å². The van der Waals surface area contributed by atoms with Gasteiger partial charge < -0.3 is 5.32 Å². The van der Waals surface area contributed by atoms with Crippen molar-refractivity contribution < 1.29 is 4.79 Å². The van der Waals surface area contributed by atoms with Gasteiger partial charge in [0.25, 0.3) is 0 Å². The molecule has 11 heavy (non-hydrogen) atoms. The smallest absolute Gasteiger partial charge is 0.207 e. The van der Waals surface area contributed by atoms with Gasteiger partial charge in [0.15, 0.2) is 0 Å². The number of carbonyl (C=O) groups is 1. The molecule has 1 rings (SSSR count). The van der Waals surface area contributed by atoms with Gasteiger partial charge in [-0.1, -0.05) is 6.07 Å². The molecule has 0 radical (unpaired) electrons. The number of amides is 1. The van der Waals surface area contributed by atoms with E-state index in [0.29, 0.717) is 13.0 Å². The number of rotatable bonds is 3. The molecule has 1 aromatic rings. The number of aryl methyl sites for hydroxylation is 1. The SMILES string of the molecule is Cc1cncc(CNC=O)c1. The third-order valence-corrected chi connectivity index (χ3v) is 1.32. The van der Waals surface area contributed by atoms with E-state index in [-0.39, 0.29) is 0 Å². The minimum absolute atomic E-state index is 0.554. The summed E-state index contributed by atoms with van der Waals surface area (Å²) in [5.74, 6) is 0. The lowest BCUT2D eigenvalue weighted by Crippen LogP contribution is -2.09. The van der Waals surface area contributed by atoms with E-state index >= 15 is 0 Å². The monoisotopic (exact) mass is 150 g/mol. The van der Waals surface area contributed by atoms with Crippen LogP contribution in [0.1, 0.15) is 11.1 Å². The zero-order valence-corrected chi connectivity index (χ0v) is 6.37. The summed E-state index contributed by atoms with van der Waals surface area (Å²) < 4.78 is 0. The van der Waals surface area contributed by atoms with Crippen LogP contribution < -0.4 is 5.32 Å². The van der Waals surface area contributed by atoms with Crippen LogP contribution in [0.5, 0.6) is 0 Å². The van der Waals surface area contributed by atoms with Gasteiger partial charge in [-0.3, -0.25) is 9.78 Å². The standard InChI is InChI=1S/C8H10N2O/c1-7-2-8(4-9-3-7)5-10-6-11/h2-4,6H,5H2,1H3,(H,10,11). The molecule has 1 heterocycles. The zero-order chi connectivity index (χ0) is 8.10. The summed E-state index contributed by atoms with van der Waals surface area (Å²) in [4.78, 5) is 13.9. The molecule has 3 nitrogen and oxygen atoms in total. The fourth-order valence-corrected chi connectivity index (χ4v) is 0.874. The summed E-state index contributed by atoms with van der Waals surface area (Å²) in [6, 6.07) is 1.99. The number of nitrogens with zero attached hydrogens (tertiary/aromatic N) is 1. The molecule has 0 atom stereocenters. The van der Waals surface area contributed by atoms with Gasteiger partial charge in [-0.25, -0.2) is 0 Å². The Kier molecular flexibility index (Phi) is 2.60. The molecule has 0 aliphatic rings. The molecule has 0 bridgehead atoms. The molecule has 1 aromatic heterocycles. The second kappa shape index (κ2) is 3.71. The lowest BCUT2D eigenvalue weighted by Gasteiger charge is -1.98. The molecule has 0 unspecified atom stereocenters. The van der Waals surface area contributed by atoms with Gasteiger partial charge in [-0.05, 0) is 18.1 Å². The number of aromatic nitrogens is 1. The van der Waals surface area contributed by atoms with Crippen LogP contribution in [0.2, 0.25) is 0 Å². The van der Waals surface area contributed by atoms with E-state index in [2.05, 4.69) is 10.3 Å². The Bertz CT molecular complexity index is 248. The first-order valence-corrected chi connectivity index (χ1v) is 3.40. The molecule has 1 amide bonds. The number of nitrogens with one attached hydrogen (secondary N) is 1. The Morgan fingerprint density at radius 1 is 1.64 bits per heavy atom. The summed E-state index contributed by atoms with van der Waals surface area (Å²) in [5, 5.41) is 2.57. The Labute approximate surface area is 65.5 Å². The second-order valence-electron chi connectivity index (χ2n) is 2.37. The van der Waals surface area contributed by atoms with Crippen molar-refractivity contribution in [2.24, 2.45) is 0 Å². The van der Waals surface area contributed by atoms with E-state index < -0.39 is 0 Å². The first kappa shape index (κ1) is 7.72.